The van der Waals surface area contributed by atoms with Crippen LogP contribution >= 0.6 is 24.0 Å². The summed E-state index contributed by atoms with van der Waals surface area (Å²) >= 11 is 7.22. The number of rotatable bonds is 0. The van der Waals surface area contributed by atoms with Gasteiger partial charge in [0.25, 0.3) is 0 Å². The van der Waals surface area contributed by atoms with Crippen LogP contribution in [-0.4, -0.2) is 10.2 Å². The van der Waals surface area contributed by atoms with Gasteiger partial charge in [-0.25, -0.2) is 0 Å². The third-order valence-electron chi connectivity index (χ3n) is 3.37. The molecule has 0 saturated heterocycles. The van der Waals surface area contributed by atoms with Gasteiger partial charge in [0, 0.05) is 4.90 Å². The van der Waals surface area contributed by atoms with Gasteiger partial charge in [-0.15, -0.1) is 11.8 Å². The van der Waals surface area contributed by atoms with Crippen LogP contribution in [0.3, 0.4) is 0 Å². The van der Waals surface area contributed by atoms with Gasteiger partial charge in [-0.05, 0) is 55.9 Å². The number of fused-ring (bicyclic) bond motifs is 2. The number of anilines is 1. The van der Waals surface area contributed by atoms with E-state index in [-0.39, 0.29) is 0 Å². The van der Waals surface area contributed by atoms with Gasteiger partial charge in [0.15, 0.2) is 0 Å². The third-order valence-corrected chi connectivity index (χ3v) is 5.16. The lowest BCUT2D eigenvalue weighted by molar-refractivity contribution is 0.684. The zero-order valence-electron chi connectivity index (χ0n) is 9.38. The average molecular weight is 249 g/mol. The molecule has 0 fully saturated rings. The predicted octanol–water partition coefficient (Wildman–Crippen LogP) is 3.80. The highest BCUT2D eigenvalue weighted by Gasteiger charge is 2.22. The van der Waals surface area contributed by atoms with Crippen molar-refractivity contribution in [3.05, 3.63) is 23.3 Å². The van der Waals surface area contributed by atoms with E-state index < -0.39 is 0 Å². The van der Waals surface area contributed by atoms with Crippen LogP contribution in [0.25, 0.3) is 0 Å². The van der Waals surface area contributed by atoms with Gasteiger partial charge in [-0.1, -0.05) is 12.2 Å². The maximum atomic E-state index is 5.33. The monoisotopic (exact) mass is 249 g/mol. The molecule has 16 heavy (non-hydrogen) atoms. The van der Waals surface area contributed by atoms with Crippen molar-refractivity contribution in [1.29, 1.82) is 0 Å². The number of nitrogens with one attached hydrogen (secondary N) is 1. The first-order chi connectivity index (χ1) is 7.74. The maximum absolute atomic E-state index is 5.33. The van der Waals surface area contributed by atoms with Crippen LogP contribution in [0.15, 0.2) is 17.0 Å². The van der Waals surface area contributed by atoms with Crippen LogP contribution in [0.2, 0.25) is 0 Å². The smallest absolute Gasteiger partial charge is 0.0930 e. The number of benzene rings is 1. The number of hydrogen-bond acceptors (Lipinski definition) is 2. The molecule has 2 aliphatic rings. The maximum Gasteiger partial charge on any atom is 0.0930 e. The number of aryl methyl sites for hydroxylation is 2. The molecule has 1 nitrogen and oxygen atoms in total. The van der Waals surface area contributed by atoms with Gasteiger partial charge in [0.1, 0.15) is 0 Å². The summed E-state index contributed by atoms with van der Waals surface area (Å²) < 4.78 is 0. The molecule has 0 spiro atoms. The minimum absolute atomic E-state index is 0.407. The van der Waals surface area contributed by atoms with Gasteiger partial charge in [0.2, 0.25) is 0 Å². The Kier molecular flexibility index (Phi) is 2.68. The fourth-order valence-electron chi connectivity index (χ4n) is 2.44. The second-order valence-electron chi connectivity index (χ2n) is 4.57. The van der Waals surface area contributed by atoms with Crippen molar-refractivity contribution in [3.8, 4) is 0 Å². The summed E-state index contributed by atoms with van der Waals surface area (Å²) in [4.78, 5) is 2.34. The molecule has 0 amide bonds. The van der Waals surface area contributed by atoms with Gasteiger partial charge >= 0.3 is 0 Å². The molecule has 0 saturated carbocycles. The van der Waals surface area contributed by atoms with Crippen molar-refractivity contribution in [1.82, 2.24) is 0 Å². The van der Waals surface area contributed by atoms with Crippen molar-refractivity contribution in [2.75, 3.05) is 5.32 Å². The number of thioether (sulfide) groups is 1. The van der Waals surface area contributed by atoms with Crippen LogP contribution in [-0.2, 0) is 12.8 Å². The number of thiocarbonyl (C=S) groups is 1. The minimum Gasteiger partial charge on any atom is -0.348 e. The van der Waals surface area contributed by atoms with E-state index in [0.29, 0.717) is 5.25 Å². The van der Waals surface area contributed by atoms with Crippen molar-refractivity contribution in [3.63, 3.8) is 0 Å². The van der Waals surface area contributed by atoms with E-state index >= 15 is 0 Å². The van der Waals surface area contributed by atoms with E-state index in [1.807, 2.05) is 11.8 Å². The topological polar surface area (TPSA) is 12.0 Å². The summed E-state index contributed by atoms with van der Waals surface area (Å²) in [6, 6.07) is 4.69. The molecule has 1 unspecified atom stereocenters. The number of hydrogen-bond donors (Lipinski definition) is 1. The van der Waals surface area contributed by atoms with E-state index in [9.17, 15) is 0 Å². The second kappa shape index (κ2) is 4.04. The highest BCUT2D eigenvalue weighted by atomic mass is 32.2. The quantitative estimate of drug-likeness (QED) is 0.702. The molecule has 0 bridgehead atoms. The van der Waals surface area contributed by atoms with E-state index in [2.05, 4.69) is 24.4 Å². The van der Waals surface area contributed by atoms with Crippen molar-refractivity contribution in [2.45, 2.75) is 42.8 Å². The molecule has 84 valence electrons. The Balaban J connectivity index is 2.04. The zero-order valence-corrected chi connectivity index (χ0v) is 11.0. The molecule has 0 radical (unpaired) electrons. The fraction of sp³-hybridized carbons (Fsp3) is 0.462. The Morgan fingerprint density at radius 1 is 1.25 bits per heavy atom. The molecule has 3 rings (SSSR count). The van der Waals surface area contributed by atoms with E-state index in [1.54, 1.807) is 5.56 Å². The molecule has 1 atom stereocenters. The summed E-state index contributed by atoms with van der Waals surface area (Å²) in [7, 11) is 0. The standard InChI is InChI=1S/C13H15NS2/c1-8-13(15)14-11-6-9-4-2-3-5-10(9)7-12(11)16-8/h6-8H,2-5H2,1H3,(H,14,15). The summed E-state index contributed by atoms with van der Waals surface area (Å²) in [6.45, 7) is 2.17. The van der Waals surface area contributed by atoms with Crippen LogP contribution in [0, 0.1) is 0 Å². The normalized spacial score (nSPS) is 23.3. The molecule has 0 aromatic heterocycles. The first kappa shape index (κ1) is 10.6. The fourth-order valence-corrected chi connectivity index (χ4v) is 3.69. The molecular formula is C13H15NS2. The van der Waals surface area contributed by atoms with Crippen LogP contribution in [0.4, 0.5) is 5.69 Å². The van der Waals surface area contributed by atoms with Gasteiger partial charge in [-0.2, -0.15) is 0 Å². The highest BCUT2D eigenvalue weighted by molar-refractivity contribution is 8.02. The summed E-state index contributed by atoms with van der Waals surface area (Å²) in [5, 5.41) is 3.78. The van der Waals surface area contributed by atoms with Crippen LogP contribution in [0.5, 0.6) is 0 Å². The van der Waals surface area contributed by atoms with Crippen molar-refractivity contribution >= 4 is 34.7 Å². The van der Waals surface area contributed by atoms with Gasteiger partial charge in [0.05, 0.1) is 15.9 Å². The average Bonchev–Trinajstić information content (AvgIpc) is 2.28. The molecule has 1 aliphatic carbocycles. The predicted molar refractivity (Wildman–Crippen MR) is 74.6 cm³/mol. The zero-order chi connectivity index (χ0) is 11.1. The lowest BCUT2D eigenvalue weighted by Gasteiger charge is -2.27. The molecular weight excluding hydrogens is 234 g/mol. The van der Waals surface area contributed by atoms with Gasteiger partial charge in [-0.3, -0.25) is 0 Å². The van der Waals surface area contributed by atoms with E-state index in [4.69, 9.17) is 12.2 Å². The Labute approximate surface area is 106 Å². The van der Waals surface area contributed by atoms with E-state index in [1.165, 1.54) is 41.8 Å². The first-order valence-corrected chi connectivity index (χ1v) is 7.16. The largest absolute Gasteiger partial charge is 0.348 e. The third kappa shape index (κ3) is 1.76. The molecule has 1 aromatic carbocycles. The summed E-state index contributed by atoms with van der Waals surface area (Å²) in [6.07, 6.45) is 5.16. The first-order valence-electron chi connectivity index (χ1n) is 5.87. The van der Waals surface area contributed by atoms with Crippen molar-refractivity contribution in [2.24, 2.45) is 0 Å². The minimum atomic E-state index is 0.407. The molecule has 1 heterocycles. The Morgan fingerprint density at radius 2 is 1.94 bits per heavy atom. The second-order valence-corrected chi connectivity index (χ2v) is 6.40. The summed E-state index contributed by atoms with van der Waals surface area (Å²) in [5.41, 5.74) is 4.31. The molecule has 1 aromatic rings. The summed E-state index contributed by atoms with van der Waals surface area (Å²) in [5.74, 6) is 0. The molecule has 1 aliphatic heterocycles. The van der Waals surface area contributed by atoms with Crippen LogP contribution < -0.4 is 5.32 Å². The van der Waals surface area contributed by atoms with Gasteiger partial charge < -0.3 is 5.32 Å². The highest BCUT2D eigenvalue weighted by Crippen LogP contribution is 2.39. The SMILES string of the molecule is CC1Sc2cc3c(cc2NC1=S)CCCC3. The lowest BCUT2D eigenvalue weighted by atomic mass is 9.91. The van der Waals surface area contributed by atoms with Crippen LogP contribution in [0.1, 0.15) is 30.9 Å². The van der Waals surface area contributed by atoms with Crippen molar-refractivity contribution < 1.29 is 0 Å². The lowest BCUT2D eigenvalue weighted by Crippen LogP contribution is -2.25. The Bertz CT molecular complexity index is 453. The molecule has 3 heteroatoms. The van der Waals surface area contributed by atoms with E-state index in [0.717, 1.165) is 4.99 Å². The molecule has 1 N–H and O–H groups in total. The Morgan fingerprint density at radius 3 is 2.69 bits per heavy atom. The Hall–Kier alpha value is -0.540.